The summed E-state index contributed by atoms with van der Waals surface area (Å²) in [6.07, 6.45) is 4.15. The molecule has 0 aliphatic carbocycles. The van der Waals surface area contributed by atoms with E-state index < -0.39 is 17.5 Å². The molecule has 4 aromatic rings. The number of ketones is 1. The van der Waals surface area contributed by atoms with Gasteiger partial charge in [-0.2, -0.15) is 0 Å². The fraction of sp³-hybridized carbons (Fsp3) is 0.267. The van der Waals surface area contributed by atoms with Crippen LogP contribution in [0.25, 0.3) is 11.1 Å². The normalized spacial score (nSPS) is 16.4. The van der Waals surface area contributed by atoms with Gasteiger partial charge in [0.15, 0.2) is 5.82 Å². The van der Waals surface area contributed by atoms with Gasteiger partial charge in [0.1, 0.15) is 5.69 Å². The Kier molecular flexibility index (Phi) is 6.34. The van der Waals surface area contributed by atoms with Gasteiger partial charge in [0.2, 0.25) is 5.95 Å². The maximum absolute atomic E-state index is 13.3. The van der Waals surface area contributed by atoms with Crippen LogP contribution in [0, 0.1) is 12.7 Å². The number of halogens is 1. The third-order valence-corrected chi connectivity index (χ3v) is 7.75. The lowest BCUT2D eigenvalue weighted by molar-refractivity contribution is -0.112. The van der Waals surface area contributed by atoms with Crippen molar-refractivity contribution in [1.29, 1.82) is 0 Å². The van der Waals surface area contributed by atoms with Crippen LogP contribution in [0.3, 0.4) is 0 Å². The number of fused-ring (bicyclic) bond motifs is 3. The predicted molar refractivity (Wildman–Crippen MR) is 149 cm³/mol. The van der Waals surface area contributed by atoms with E-state index in [-0.39, 0.29) is 0 Å². The van der Waals surface area contributed by atoms with E-state index in [1.54, 1.807) is 11.6 Å². The first kappa shape index (κ1) is 24.8. The van der Waals surface area contributed by atoms with Gasteiger partial charge in [-0.3, -0.25) is 9.59 Å². The zero-order valence-electron chi connectivity index (χ0n) is 21.9. The van der Waals surface area contributed by atoms with Crippen LogP contribution in [0.15, 0.2) is 67.0 Å². The van der Waals surface area contributed by atoms with E-state index in [4.69, 9.17) is 0 Å². The number of aromatic nitrogens is 3. The Bertz CT molecular complexity index is 1550. The van der Waals surface area contributed by atoms with Crippen molar-refractivity contribution in [2.75, 3.05) is 34.8 Å². The van der Waals surface area contributed by atoms with Gasteiger partial charge in [-0.05, 0) is 55.2 Å². The number of Topliss-reactive ketones (excluding diaryl/α,β-unsaturated/α-hetero) is 1. The number of anilines is 3. The second kappa shape index (κ2) is 9.98. The fourth-order valence-electron chi connectivity index (χ4n) is 5.68. The van der Waals surface area contributed by atoms with E-state index in [1.165, 1.54) is 12.4 Å². The van der Waals surface area contributed by atoms with Gasteiger partial charge in [-0.25, -0.2) is 14.4 Å². The van der Waals surface area contributed by atoms with Gasteiger partial charge in [0.05, 0.1) is 12.4 Å². The highest BCUT2D eigenvalue weighted by molar-refractivity contribution is 6.47. The molecule has 2 aromatic carbocycles. The summed E-state index contributed by atoms with van der Waals surface area (Å²) in [5, 5.41) is 2.84. The van der Waals surface area contributed by atoms with Crippen LogP contribution in [-0.2, 0) is 18.3 Å². The quantitative estimate of drug-likeness (QED) is 0.308. The summed E-state index contributed by atoms with van der Waals surface area (Å²) in [7, 11) is 1.81. The number of nitrogens with zero attached hydrogens (tertiary/aromatic N) is 5. The third-order valence-electron chi connectivity index (χ3n) is 7.75. The van der Waals surface area contributed by atoms with Crippen molar-refractivity contribution in [3.63, 3.8) is 0 Å². The Hall–Kier alpha value is -4.53. The smallest absolute Gasteiger partial charge is 0.298 e. The Morgan fingerprint density at radius 2 is 1.77 bits per heavy atom. The molecule has 0 spiro atoms. The first-order valence-corrected chi connectivity index (χ1v) is 13.1. The van der Waals surface area contributed by atoms with E-state index in [2.05, 4.69) is 25.1 Å². The van der Waals surface area contributed by atoms with Crippen molar-refractivity contribution in [2.45, 2.75) is 25.8 Å². The number of rotatable bonds is 5. The van der Waals surface area contributed by atoms with Crippen molar-refractivity contribution in [1.82, 2.24) is 14.5 Å². The van der Waals surface area contributed by atoms with Crippen LogP contribution in [-0.4, -0.2) is 51.9 Å². The molecule has 2 aliphatic heterocycles. The summed E-state index contributed by atoms with van der Waals surface area (Å²) in [6, 6.07) is 17.7. The number of carbonyl (C=O) groups is 2. The molecule has 39 heavy (non-hydrogen) atoms. The van der Waals surface area contributed by atoms with Crippen molar-refractivity contribution in [3.05, 3.63) is 89.8 Å². The summed E-state index contributed by atoms with van der Waals surface area (Å²) < 4.78 is 15.0. The van der Waals surface area contributed by atoms with Gasteiger partial charge < -0.3 is 19.7 Å². The molecule has 1 N–H and O–H groups in total. The second-order valence-electron chi connectivity index (χ2n) is 10.1. The Morgan fingerprint density at radius 3 is 2.54 bits per heavy atom. The summed E-state index contributed by atoms with van der Waals surface area (Å²) in [4.78, 5) is 39.2. The largest absolute Gasteiger partial charge is 0.366 e. The van der Waals surface area contributed by atoms with Crippen LogP contribution >= 0.6 is 0 Å². The molecule has 1 fully saturated rings. The van der Waals surface area contributed by atoms with Crippen LogP contribution in [0.2, 0.25) is 0 Å². The topological polar surface area (TPSA) is 83.4 Å². The molecule has 198 valence electrons. The zero-order valence-corrected chi connectivity index (χ0v) is 21.9. The molecule has 9 heteroatoms. The minimum absolute atomic E-state index is 0.317. The third kappa shape index (κ3) is 4.65. The van der Waals surface area contributed by atoms with Crippen LogP contribution < -0.4 is 15.1 Å². The molecule has 8 nitrogen and oxygen atoms in total. The van der Waals surface area contributed by atoms with Crippen LogP contribution in [0.4, 0.5) is 21.7 Å². The van der Waals surface area contributed by atoms with Crippen molar-refractivity contribution in [2.24, 2.45) is 7.05 Å². The van der Waals surface area contributed by atoms with E-state index in [0.717, 1.165) is 60.5 Å². The number of hydrogen-bond acceptors (Lipinski definition) is 6. The molecule has 2 aliphatic rings. The van der Waals surface area contributed by atoms with E-state index >= 15 is 0 Å². The Morgan fingerprint density at radius 1 is 1.00 bits per heavy atom. The molecule has 1 saturated heterocycles. The SMILES string of the molecule is Cc1cc(-c2ccccc2)c(C(=O)C(=O)Nc2ccc3c(c2)CC2CCN(c4ncc(F)cn4)CCN32)n1C. The van der Waals surface area contributed by atoms with Gasteiger partial charge in [0, 0.05) is 55.4 Å². The fourth-order valence-corrected chi connectivity index (χ4v) is 5.68. The number of amides is 1. The van der Waals surface area contributed by atoms with Gasteiger partial charge in [-0.15, -0.1) is 0 Å². The average Bonchev–Trinajstić information content (AvgIpc) is 3.36. The molecule has 1 unspecified atom stereocenters. The molecular weight excluding hydrogens is 495 g/mol. The van der Waals surface area contributed by atoms with E-state index in [0.29, 0.717) is 23.4 Å². The molecule has 4 heterocycles. The number of aryl methyl sites for hydroxylation is 1. The van der Waals surface area contributed by atoms with E-state index in [9.17, 15) is 14.0 Å². The Labute approximate surface area is 226 Å². The summed E-state index contributed by atoms with van der Waals surface area (Å²) in [5.74, 6) is -1.12. The summed E-state index contributed by atoms with van der Waals surface area (Å²) in [6.45, 7) is 4.22. The number of hydrogen-bond donors (Lipinski definition) is 1. The van der Waals surface area contributed by atoms with Gasteiger partial charge in [0.25, 0.3) is 11.7 Å². The lowest BCUT2D eigenvalue weighted by Crippen LogP contribution is -2.33. The maximum atomic E-state index is 13.3. The highest BCUT2D eigenvalue weighted by Crippen LogP contribution is 2.37. The summed E-state index contributed by atoms with van der Waals surface area (Å²) in [5.41, 5.74) is 5.81. The van der Waals surface area contributed by atoms with E-state index in [1.807, 2.05) is 61.5 Å². The van der Waals surface area contributed by atoms with Gasteiger partial charge >= 0.3 is 0 Å². The average molecular weight is 525 g/mol. The minimum Gasteiger partial charge on any atom is -0.366 e. The van der Waals surface area contributed by atoms with Crippen molar-refractivity contribution < 1.29 is 14.0 Å². The first-order valence-electron chi connectivity index (χ1n) is 13.1. The molecule has 1 amide bonds. The second-order valence-corrected chi connectivity index (χ2v) is 10.1. The standard InChI is InChI=1S/C30H29FN6O2/c1-19-14-25(20-6-4-3-5-7-20)27(35(19)2)28(38)29(39)34-23-8-9-26-21(15-23)16-24-10-11-36(12-13-37(24)26)30-32-17-22(31)18-33-30/h3-9,14-15,17-18,24H,10-13,16H2,1-2H3,(H,34,39). The Balaban J connectivity index is 1.17. The van der Waals surface area contributed by atoms with Crippen LogP contribution in [0.1, 0.15) is 28.2 Å². The lowest BCUT2D eigenvalue weighted by atomic mass is 10.0. The predicted octanol–water partition coefficient (Wildman–Crippen LogP) is 4.39. The number of benzene rings is 2. The summed E-state index contributed by atoms with van der Waals surface area (Å²) >= 11 is 0. The monoisotopic (exact) mass is 524 g/mol. The highest BCUT2D eigenvalue weighted by Gasteiger charge is 2.33. The molecule has 0 radical (unpaired) electrons. The van der Waals surface area contributed by atoms with Gasteiger partial charge in [-0.1, -0.05) is 30.3 Å². The number of nitrogens with one attached hydrogen (secondary N) is 1. The minimum atomic E-state index is -0.657. The molecule has 6 rings (SSSR count). The van der Waals surface area contributed by atoms with Crippen molar-refractivity contribution in [3.8, 4) is 11.1 Å². The highest BCUT2D eigenvalue weighted by atomic mass is 19.1. The molecule has 0 bridgehead atoms. The maximum Gasteiger partial charge on any atom is 0.298 e. The molecule has 0 saturated carbocycles. The molecule has 2 aromatic heterocycles. The zero-order chi connectivity index (χ0) is 27.1. The van der Waals surface area contributed by atoms with Crippen molar-refractivity contribution >= 4 is 29.0 Å². The number of carbonyl (C=O) groups excluding carboxylic acids is 2. The molecular formula is C30H29FN6O2. The first-order chi connectivity index (χ1) is 18.9. The molecule has 1 atom stereocenters. The van der Waals surface area contributed by atoms with Crippen LogP contribution in [0.5, 0.6) is 0 Å². The lowest BCUT2D eigenvalue weighted by Gasteiger charge is -2.24.